The minimum atomic E-state index is -3.61. The number of anilines is 1. The summed E-state index contributed by atoms with van der Waals surface area (Å²) in [6.45, 7) is 0.994. The third-order valence-corrected chi connectivity index (χ3v) is 7.15. The molecule has 1 fully saturated rings. The molecule has 3 aromatic rings. The molecular formula is C23H24N4O3S. The second-order valence-corrected chi connectivity index (χ2v) is 9.87. The van der Waals surface area contributed by atoms with Crippen molar-refractivity contribution in [1.29, 1.82) is 0 Å². The van der Waals surface area contributed by atoms with Crippen LogP contribution in [0.2, 0.25) is 0 Å². The maximum atomic E-state index is 12.8. The molecule has 1 saturated carbocycles. The van der Waals surface area contributed by atoms with Gasteiger partial charge in [-0.05, 0) is 56.0 Å². The fraction of sp³-hybridized carbons (Fsp3) is 0.304. The van der Waals surface area contributed by atoms with Gasteiger partial charge in [0.25, 0.3) is 5.91 Å². The van der Waals surface area contributed by atoms with Gasteiger partial charge in [-0.3, -0.25) is 4.79 Å². The van der Waals surface area contributed by atoms with E-state index in [0.29, 0.717) is 11.3 Å². The van der Waals surface area contributed by atoms with Crippen molar-refractivity contribution in [3.63, 3.8) is 0 Å². The van der Waals surface area contributed by atoms with E-state index in [1.807, 2.05) is 24.3 Å². The van der Waals surface area contributed by atoms with Gasteiger partial charge in [-0.1, -0.05) is 18.2 Å². The van der Waals surface area contributed by atoms with Crippen LogP contribution in [-0.2, 0) is 23.0 Å². The van der Waals surface area contributed by atoms with Gasteiger partial charge in [-0.25, -0.2) is 18.1 Å². The summed E-state index contributed by atoms with van der Waals surface area (Å²) in [5.41, 5.74) is 2.76. The van der Waals surface area contributed by atoms with Gasteiger partial charge in [0.2, 0.25) is 10.0 Å². The van der Waals surface area contributed by atoms with Crippen molar-refractivity contribution in [2.24, 2.45) is 0 Å². The molecule has 2 N–H and O–H groups in total. The van der Waals surface area contributed by atoms with Crippen molar-refractivity contribution in [2.45, 2.75) is 49.6 Å². The number of aromatic nitrogens is 2. The van der Waals surface area contributed by atoms with Gasteiger partial charge in [0.15, 0.2) is 0 Å². The highest BCUT2D eigenvalue weighted by Gasteiger charge is 2.28. The Balaban J connectivity index is 1.34. The SMILES string of the molecule is O=C(Nc1cccc(-c2cn3c(n2)CCCC3)c1)c1cccc(S(=O)(=O)NC2CC2)c1. The average molecular weight is 437 g/mol. The lowest BCUT2D eigenvalue weighted by molar-refractivity contribution is 0.102. The minimum absolute atomic E-state index is 0.0128. The number of hydrogen-bond donors (Lipinski definition) is 2. The minimum Gasteiger partial charge on any atom is -0.334 e. The van der Waals surface area contributed by atoms with Crippen molar-refractivity contribution in [3.05, 3.63) is 66.1 Å². The Morgan fingerprint density at radius 3 is 2.71 bits per heavy atom. The molecule has 2 aliphatic rings. The molecule has 1 amide bonds. The Bertz CT molecular complexity index is 1220. The highest BCUT2D eigenvalue weighted by atomic mass is 32.2. The third-order valence-electron chi connectivity index (χ3n) is 5.63. The summed E-state index contributed by atoms with van der Waals surface area (Å²) in [7, 11) is -3.61. The van der Waals surface area contributed by atoms with Crippen molar-refractivity contribution in [2.75, 3.05) is 5.32 Å². The summed E-state index contributed by atoms with van der Waals surface area (Å²) in [5.74, 6) is 0.748. The highest BCUT2D eigenvalue weighted by molar-refractivity contribution is 7.89. The lowest BCUT2D eigenvalue weighted by Gasteiger charge is -2.11. The summed E-state index contributed by atoms with van der Waals surface area (Å²) in [6.07, 6.45) is 7.11. The van der Waals surface area contributed by atoms with Gasteiger partial charge in [0, 0.05) is 42.0 Å². The molecule has 31 heavy (non-hydrogen) atoms. The summed E-state index contributed by atoms with van der Waals surface area (Å²) in [5, 5.41) is 2.87. The van der Waals surface area contributed by atoms with Crippen molar-refractivity contribution in [1.82, 2.24) is 14.3 Å². The van der Waals surface area contributed by atoms with E-state index in [9.17, 15) is 13.2 Å². The van der Waals surface area contributed by atoms with Gasteiger partial charge in [0.05, 0.1) is 10.6 Å². The van der Waals surface area contributed by atoms with Gasteiger partial charge in [-0.15, -0.1) is 0 Å². The van der Waals surface area contributed by atoms with E-state index in [0.717, 1.165) is 49.3 Å². The molecule has 1 aromatic heterocycles. The van der Waals surface area contributed by atoms with Crippen LogP contribution in [0.15, 0.2) is 59.6 Å². The number of carbonyl (C=O) groups excluding carboxylic acids is 1. The topological polar surface area (TPSA) is 93.1 Å². The molecule has 0 bridgehead atoms. The largest absolute Gasteiger partial charge is 0.334 e. The number of carbonyl (C=O) groups is 1. The molecular weight excluding hydrogens is 412 g/mol. The van der Waals surface area contributed by atoms with Gasteiger partial charge in [0.1, 0.15) is 5.82 Å². The molecule has 0 radical (unpaired) electrons. The van der Waals surface area contributed by atoms with Gasteiger partial charge in [-0.2, -0.15) is 0 Å². The number of aryl methyl sites for hydroxylation is 2. The van der Waals surface area contributed by atoms with Crippen LogP contribution in [0.4, 0.5) is 5.69 Å². The first-order valence-corrected chi connectivity index (χ1v) is 12.1. The van der Waals surface area contributed by atoms with Crippen LogP contribution in [0.5, 0.6) is 0 Å². The fourth-order valence-corrected chi connectivity index (χ4v) is 5.15. The van der Waals surface area contributed by atoms with Crippen LogP contribution < -0.4 is 10.0 Å². The normalized spacial score (nSPS) is 16.0. The number of hydrogen-bond acceptors (Lipinski definition) is 4. The molecule has 0 saturated heterocycles. The molecule has 1 aliphatic heterocycles. The number of nitrogens with zero attached hydrogens (tertiary/aromatic N) is 2. The van der Waals surface area contributed by atoms with E-state index < -0.39 is 10.0 Å². The Labute approximate surface area is 181 Å². The number of imidazole rings is 1. The first kappa shape index (κ1) is 20.0. The van der Waals surface area contributed by atoms with E-state index in [1.54, 1.807) is 12.1 Å². The number of sulfonamides is 1. The first-order chi connectivity index (χ1) is 15.0. The second-order valence-electron chi connectivity index (χ2n) is 8.15. The predicted octanol–water partition coefficient (Wildman–Crippen LogP) is 3.58. The monoisotopic (exact) mass is 436 g/mol. The average Bonchev–Trinajstić information content (AvgIpc) is 3.47. The van der Waals surface area contributed by atoms with E-state index in [2.05, 4.69) is 20.8 Å². The van der Waals surface area contributed by atoms with Crippen LogP contribution in [0.25, 0.3) is 11.3 Å². The van der Waals surface area contributed by atoms with E-state index in [1.165, 1.54) is 18.6 Å². The van der Waals surface area contributed by atoms with Crippen molar-refractivity contribution in [3.8, 4) is 11.3 Å². The van der Waals surface area contributed by atoms with Gasteiger partial charge < -0.3 is 9.88 Å². The van der Waals surface area contributed by atoms with Crippen LogP contribution >= 0.6 is 0 Å². The first-order valence-electron chi connectivity index (χ1n) is 10.6. The standard InChI is InChI=1S/C23H24N4O3S/c28-23(17-6-4-8-20(14-17)31(29,30)26-18-10-11-18)24-19-7-3-5-16(13-19)21-15-27-12-2-1-9-22(27)25-21/h3-8,13-15,18,26H,1-2,9-12H2,(H,24,28). The Kier molecular flexibility index (Phi) is 5.11. The molecule has 5 rings (SSSR count). The predicted molar refractivity (Wildman–Crippen MR) is 118 cm³/mol. The van der Waals surface area contributed by atoms with Crippen LogP contribution in [0, 0.1) is 0 Å². The zero-order valence-corrected chi connectivity index (χ0v) is 17.9. The smallest absolute Gasteiger partial charge is 0.255 e. The lowest BCUT2D eigenvalue weighted by atomic mass is 10.1. The lowest BCUT2D eigenvalue weighted by Crippen LogP contribution is -2.26. The van der Waals surface area contributed by atoms with Crippen LogP contribution in [0.1, 0.15) is 41.9 Å². The molecule has 8 heteroatoms. The Hall–Kier alpha value is -2.97. The van der Waals surface area contributed by atoms with Crippen molar-refractivity contribution < 1.29 is 13.2 Å². The molecule has 2 heterocycles. The fourth-order valence-electron chi connectivity index (χ4n) is 3.80. The number of rotatable bonds is 6. The summed E-state index contributed by atoms with van der Waals surface area (Å²) in [4.78, 5) is 17.6. The number of fused-ring (bicyclic) bond motifs is 1. The Morgan fingerprint density at radius 2 is 1.90 bits per heavy atom. The van der Waals surface area contributed by atoms with E-state index >= 15 is 0 Å². The molecule has 1 aliphatic carbocycles. The molecule has 0 atom stereocenters. The Morgan fingerprint density at radius 1 is 1.06 bits per heavy atom. The number of benzene rings is 2. The van der Waals surface area contributed by atoms with E-state index in [4.69, 9.17) is 4.98 Å². The summed E-state index contributed by atoms with van der Waals surface area (Å²) in [6, 6.07) is 13.7. The molecule has 0 spiro atoms. The number of amides is 1. The third kappa shape index (κ3) is 4.40. The zero-order valence-electron chi connectivity index (χ0n) is 17.0. The quantitative estimate of drug-likeness (QED) is 0.618. The summed E-state index contributed by atoms with van der Waals surface area (Å²) >= 11 is 0. The maximum Gasteiger partial charge on any atom is 0.255 e. The summed E-state index contributed by atoms with van der Waals surface area (Å²) < 4.78 is 29.7. The van der Waals surface area contributed by atoms with Gasteiger partial charge >= 0.3 is 0 Å². The van der Waals surface area contributed by atoms with Crippen molar-refractivity contribution >= 4 is 21.6 Å². The van der Waals surface area contributed by atoms with Crippen LogP contribution in [-0.4, -0.2) is 29.9 Å². The molecule has 7 nitrogen and oxygen atoms in total. The van der Waals surface area contributed by atoms with Crippen LogP contribution in [0.3, 0.4) is 0 Å². The highest BCUT2D eigenvalue weighted by Crippen LogP contribution is 2.26. The zero-order chi connectivity index (χ0) is 21.4. The van der Waals surface area contributed by atoms with E-state index in [-0.39, 0.29) is 16.8 Å². The number of nitrogens with one attached hydrogen (secondary N) is 2. The molecule has 160 valence electrons. The molecule has 2 aromatic carbocycles. The molecule has 0 unspecified atom stereocenters. The maximum absolute atomic E-state index is 12.8. The second kappa shape index (κ2) is 7.94.